The molecule has 4 N–H and O–H groups in total. The molecule has 2 aromatic carbocycles. The standard InChI is InChI=1S/C35H46N2O9/c1-7-45-35(4,5)16-17-46-34(2,3)15-9-12-26(39)37-36-24(19-38)20-13-14-21-23(18-20)32(42)28-29(30(21)40)33(43)27-22(31(28)41)10-8-11-25(27)44-6/h8,10-11,20,38,40,42H,7,9,12-19H2,1-6H3,(H,37,39). The van der Waals surface area contributed by atoms with E-state index in [0.717, 1.165) is 6.42 Å². The van der Waals surface area contributed by atoms with E-state index in [0.29, 0.717) is 49.3 Å². The van der Waals surface area contributed by atoms with Gasteiger partial charge in [0.15, 0.2) is 5.78 Å². The van der Waals surface area contributed by atoms with Crippen LogP contribution in [0.1, 0.15) is 110 Å². The summed E-state index contributed by atoms with van der Waals surface area (Å²) in [5.41, 5.74) is 2.53. The Kier molecular flexibility index (Phi) is 10.9. The zero-order valence-electron chi connectivity index (χ0n) is 27.6. The van der Waals surface area contributed by atoms with E-state index in [4.69, 9.17) is 14.2 Å². The minimum atomic E-state index is -0.597. The number of ketones is 2. The minimum absolute atomic E-state index is 0.0499. The molecule has 4 rings (SSSR count). The summed E-state index contributed by atoms with van der Waals surface area (Å²) in [4.78, 5) is 39.6. The maximum Gasteiger partial charge on any atom is 0.240 e. The van der Waals surface area contributed by atoms with Crippen molar-refractivity contribution in [2.24, 2.45) is 11.0 Å². The summed E-state index contributed by atoms with van der Waals surface area (Å²) in [7, 11) is 1.39. The van der Waals surface area contributed by atoms with Crippen molar-refractivity contribution in [3.8, 4) is 17.2 Å². The second-order valence-electron chi connectivity index (χ2n) is 13.1. The fourth-order valence-corrected chi connectivity index (χ4v) is 6.32. The minimum Gasteiger partial charge on any atom is -0.507 e. The Morgan fingerprint density at radius 3 is 2.33 bits per heavy atom. The Balaban J connectivity index is 1.41. The highest BCUT2D eigenvalue weighted by Crippen LogP contribution is 2.47. The average molecular weight is 639 g/mol. The van der Waals surface area contributed by atoms with Gasteiger partial charge in [-0.25, -0.2) is 5.43 Å². The number of amides is 1. The first-order valence-electron chi connectivity index (χ1n) is 15.8. The van der Waals surface area contributed by atoms with Gasteiger partial charge in [-0.15, -0.1) is 0 Å². The topological polar surface area (TPSA) is 164 Å². The number of carbonyl (C=O) groups is 3. The molecule has 1 amide bonds. The van der Waals surface area contributed by atoms with Crippen LogP contribution in [0, 0.1) is 5.92 Å². The first kappa shape index (κ1) is 35.1. The molecule has 2 aromatic rings. The molecule has 0 aromatic heterocycles. The van der Waals surface area contributed by atoms with Gasteiger partial charge in [-0.2, -0.15) is 5.10 Å². The third-order valence-corrected chi connectivity index (χ3v) is 8.90. The molecule has 11 nitrogen and oxygen atoms in total. The van der Waals surface area contributed by atoms with Crippen LogP contribution in [0.5, 0.6) is 17.2 Å². The summed E-state index contributed by atoms with van der Waals surface area (Å²) in [6.07, 6.45) is 3.06. The number of ether oxygens (including phenoxy) is 3. The van der Waals surface area contributed by atoms with Gasteiger partial charge in [0.05, 0.1) is 53.9 Å². The van der Waals surface area contributed by atoms with Gasteiger partial charge < -0.3 is 29.5 Å². The quantitative estimate of drug-likeness (QED) is 0.112. The smallest absolute Gasteiger partial charge is 0.240 e. The van der Waals surface area contributed by atoms with Crippen molar-refractivity contribution in [1.82, 2.24) is 5.43 Å². The maximum absolute atomic E-state index is 13.5. The van der Waals surface area contributed by atoms with Gasteiger partial charge in [0.1, 0.15) is 17.2 Å². The fraction of sp³-hybridized carbons (Fsp3) is 0.543. The van der Waals surface area contributed by atoms with Crippen LogP contribution in [0.3, 0.4) is 0 Å². The normalized spacial score (nSPS) is 16.5. The number of nitrogens with one attached hydrogen (secondary N) is 1. The molecule has 2 aliphatic carbocycles. The van der Waals surface area contributed by atoms with Gasteiger partial charge in [-0.05, 0) is 79.2 Å². The largest absolute Gasteiger partial charge is 0.507 e. The van der Waals surface area contributed by atoms with E-state index in [1.165, 1.54) is 13.2 Å². The van der Waals surface area contributed by atoms with Crippen molar-refractivity contribution < 1.29 is 43.9 Å². The number of aliphatic hydroxyl groups excluding tert-OH is 1. The van der Waals surface area contributed by atoms with E-state index in [9.17, 15) is 29.7 Å². The number of hydrogen-bond donors (Lipinski definition) is 4. The summed E-state index contributed by atoms with van der Waals surface area (Å²) in [6, 6.07) is 4.63. The Labute approximate surface area is 269 Å². The molecule has 0 fully saturated rings. The van der Waals surface area contributed by atoms with Crippen molar-refractivity contribution in [2.45, 2.75) is 90.8 Å². The molecule has 250 valence electrons. The number of hydrazone groups is 1. The maximum atomic E-state index is 13.5. The number of phenols is 2. The van der Waals surface area contributed by atoms with Crippen molar-refractivity contribution in [3.63, 3.8) is 0 Å². The molecule has 2 aliphatic rings. The summed E-state index contributed by atoms with van der Waals surface area (Å²) < 4.78 is 17.1. The number of nitrogens with zero attached hydrogens (tertiary/aromatic N) is 1. The highest BCUT2D eigenvalue weighted by Gasteiger charge is 2.41. The van der Waals surface area contributed by atoms with Crippen LogP contribution in [0.25, 0.3) is 0 Å². The summed E-state index contributed by atoms with van der Waals surface area (Å²) >= 11 is 0. The second kappa shape index (κ2) is 14.3. The van der Waals surface area contributed by atoms with E-state index < -0.39 is 23.8 Å². The molecule has 1 unspecified atom stereocenters. The van der Waals surface area contributed by atoms with Gasteiger partial charge in [0.2, 0.25) is 11.7 Å². The lowest BCUT2D eigenvalue weighted by atomic mass is 9.74. The van der Waals surface area contributed by atoms with Crippen LogP contribution in [-0.2, 0) is 27.1 Å². The molecule has 1 atom stereocenters. The van der Waals surface area contributed by atoms with Crippen molar-refractivity contribution in [3.05, 3.63) is 51.6 Å². The third kappa shape index (κ3) is 7.43. The summed E-state index contributed by atoms with van der Waals surface area (Å²) in [6.45, 7) is 10.8. The Hall–Kier alpha value is -3.80. The molecule has 0 heterocycles. The number of hydrogen-bond acceptors (Lipinski definition) is 10. The Morgan fingerprint density at radius 1 is 0.978 bits per heavy atom. The highest BCUT2D eigenvalue weighted by molar-refractivity contribution is 6.31. The number of aromatic hydroxyl groups is 2. The van der Waals surface area contributed by atoms with Gasteiger partial charge in [0.25, 0.3) is 0 Å². The van der Waals surface area contributed by atoms with E-state index in [2.05, 4.69) is 10.5 Å². The number of carbonyl (C=O) groups excluding carboxylic acids is 3. The molecule has 0 aliphatic heterocycles. The number of fused-ring (bicyclic) bond motifs is 3. The number of benzene rings is 2. The monoisotopic (exact) mass is 638 g/mol. The predicted molar refractivity (Wildman–Crippen MR) is 172 cm³/mol. The first-order chi connectivity index (χ1) is 21.7. The Morgan fingerprint density at radius 2 is 1.65 bits per heavy atom. The van der Waals surface area contributed by atoms with E-state index in [1.54, 1.807) is 12.1 Å². The van der Waals surface area contributed by atoms with Crippen LogP contribution >= 0.6 is 0 Å². The fourth-order valence-electron chi connectivity index (χ4n) is 6.32. The molecular weight excluding hydrogens is 592 g/mol. The van der Waals surface area contributed by atoms with Gasteiger partial charge >= 0.3 is 0 Å². The summed E-state index contributed by atoms with van der Waals surface area (Å²) in [5, 5.41) is 36.8. The molecule has 0 bridgehead atoms. The SMILES string of the molecule is CCOC(C)(C)CCOC(C)(C)CCCC(=O)NN=C(CO)C1CCc2c(O)c3c(c(O)c2C1)C(=O)c1cccc(OC)c1C3=O. The van der Waals surface area contributed by atoms with Crippen LogP contribution < -0.4 is 10.2 Å². The molecule has 46 heavy (non-hydrogen) atoms. The lowest BCUT2D eigenvalue weighted by Crippen LogP contribution is -2.31. The number of aliphatic hydroxyl groups is 1. The van der Waals surface area contributed by atoms with Crippen molar-refractivity contribution in [2.75, 3.05) is 26.9 Å². The molecular formula is C35H46N2O9. The van der Waals surface area contributed by atoms with E-state index in [1.807, 2.05) is 34.6 Å². The zero-order valence-corrected chi connectivity index (χ0v) is 27.6. The predicted octanol–water partition coefficient (Wildman–Crippen LogP) is 4.62. The highest BCUT2D eigenvalue weighted by atomic mass is 16.5. The van der Waals surface area contributed by atoms with Crippen LogP contribution in [-0.4, -0.2) is 76.6 Å². The van der Waals surface area contributed by atoms with Gasteiger partial charge in [0, 0.05) is 35.6 Å². The van der Waals surface area contributed by atoms with E-state index >= 15 is 0 Å². The average Bonchev–Trinajstić information content (AvgIpc) is 3.01. The van der Waals surface area contributed by atoms with Crippen molar-refractivity contribution in [1.29, 1.82) is 0 Å². The lowest BCUT2D eigenvalue weighted by Gasteiger charge is -2.30. The lowest BCUT2D eigenvalue weighted by molar-refractivity contribution is -0.121. The number of rotatable bonds is 14. The van der Waals surface area contributed by atoms with Gasteiger partial charge in [-0.1, -0.05) is 12.1 Å². The van der Waals surface area contributed by atoms with Crippen LogP contribution in [0.15, 0.2) is 23.3 Å². The second-order valence-corrected chi connectivity index (χ2v) is 13.1. The van der Waals surface area contributed by atoms with Crippen LogP contribution in [0.2, 0.25) is 0 Å². The number of phenolic OH excluding ortho intramolecular Hbond substituents is 2. The third-order valence-electron chi connectivity index (χ3n) is 8.90. The summed E-state index contributed by atoms with van der Waals surface area (Å²) in [5.74, 6) is -2.37. The molecule has 11 heteroatoms. The number of methoxy groups -OCH3 is 1. The molecule has 0 radical (unpaired) electrons. The molecule has 0 spiro atoms. The first-order valence-corrected chi connectivity index (χ1v) is 15.8. The van der Waals surface area contributed by atoms with Gasteiger partial charge in [-0.3, -0.25) is 14.4 Å². The molecule has 0 saturated carbocycles. The zero-order chi connectivity index (χ0) is 33.8. The van der Waals surface area contributed by atoms with E-state index in [-0.39, 0.29) is 76.2 Å². The Bertz CT molecular complexity index is 1530. The van der Waals surface area contributed by atoms with Crippen molar-refractivity contribution >= 4 is 23.2 Å². The molecule has 0 saturated heterocycles. The van der Waals surface area contributed by atoms with Crippen LogP contribution in [0.4, 0.5) is 0 Å².